The summed E-state index contributed by atoms with van der Waals surface area (Å²) >= 11 is 7.47. The topological polar surface area (TPSA) is 29.1 Å². The third kappa shape index (κ3) is 2.89. The second kappa shape index (κ2) is 5.58. The van der Waals surface area contributed by atoms with Crippen LogP contribution < -0.4 is 5.32 Å². The summed E-state index contributed by atoms with van der Waals surface area (Å²) in [4.78, 5) is 14.4. The molecule has 1 heterocycles. The van der Waals surface area contributed by atoms with Crippen LogP contribution in [0.5, 0.6) is 0 Å². The van der Waals surface area contributed by atoms with Gasteiger partial charge in [0.25, 0.3) is 5.91 Å². The fourth-order valence-electron chi connectivity index (χ4n) is 2.54. The van der Waals surface area contributed by atoms with Crippen LogP contribution in [0.25, 0.3) is 0 Å². The Bertz CT molecular complexity index is 632. The number of anilines is 1. The van der Waals surface area contributed by atoms with Gasteiger partial charge in [-0.1, -0.05) is 18.5 Å². The maximum Gasteiger partial charge on any atom is 0.265 e. The van der Waals surface area contributed by atoms with E-state index in [0.29, 0.717) is 5.02 Å². The largest absolute Gasteiger partial charge is 0.321 e. The van der Waals surface area contributed by atoms with Gasteiger partial charge < -0.3 is 5.32 Å². The molecule has 0 fully saturated rings. The van der Waals surface area contributed by atoms with Crippen molar-refractivity contribution in [1.82, 2.24) is 0 Å². The van der Waals surface area contributed by atoms with Gasteiger partial charge in [-0.05, 0) is 61.1 Å². The van der Waals surface area contributed by atoms with Crippen LogP contribution in [0.2, 0.25) is 5.02 Å². The number of aryl methyl sites for hydroxylation is 1. The molecule has 1 atom stereocenters. The van der Waals surface area contributed by atoms with Gasteiger partial charge in [-0.15, -0.1) is 11.3 Å². The Hall–Kier alpha value is -1.32. The van der Waals surface area contributed by atoms with E-state index < -0.39 is 0 Å². The molecule has 0 saturated heterocycles. The second-order valence-corrected chi connectivity index (χ2v) is 6.94. The molecule has 0 spiro atoms. The fourth-order valence-corrected chi connectivity index (χ4v) is 3.77. The van der Waals surface area contributed by atoms with Crippen LogP contribution >= 0.6 is 22.9 Å². The van der Waals surface area contributed by atoms with Crippen LogP contribution in [0.4, 0.5) is 5.69 Å². The van der Waals surface area contributed by atoms with E-state index in [0.717, 1.165) is 29.3 Å². The molecule has 0 saturated carbocycles. The second-order valence-electron chi connectivity index (χ2n) is 5.37. The molecule has 1 aromatic carbocycles. The number of nitrogens with one attached hydrogen (secondary N) is 1. The number of fused-ring (bicyclic) bond motifs is 1. The van der Waals surface area contributed by atoms with E-state index in [1.165, 1.54) is 16.9 Å². The van der Waals surface area contributed by atoms with Gasteiger partial charge in [0.15, 0.2) is 0 Å². The highest BCUT2D eigenvalue weighted by molar-refractivity contribution is 7.14. The van der Waals surface area contributed by atoms with Gasteiger partial charge >= 0.3 is 0 Å². The fraction of sp³-hybridized carbons (Fsp3) is 0.312. The predicted octanol–water partition coefficient (Wildman–Crippen LogP) is 4.78. The minimum absolute atomic E-state index is 0.0284. The Kier molecular flexibility index (Phi) is 3.81. The van der Waals surface area contributed by atoms with Crippen molar-refractivity contribution in [1.29, 1.82) is 0 Å². The lowest BCUT2D eigenvalue weighted by Crippen LogP contribution is -2.10. The zero-order valence-corrected chi connectivity index (χ0v) is 12.9. The Labute approximate surface area is 127 Å². The lowest BCUT2D eigenvalue weighted by Gasteiger charge is -2.16. The van der Waals surface area contributed by atoms with E-state index in [1.54, 1.807) is 23.5 Å². The summed E-state index contributed by atoms with van der Waals surface area (Å²) < 4.78 is 0. The number of hydrogen-bond donors (Lipinski definition) is 1. The zero-order chi connectivity index (χ0) is 14.1. The molecule has 2 nitrogen and oxygen atoms in total. The zero-order valence-electron chi connectivity index (χ0n) is 11.3. The molecule has 0 radical (unpaired) electrons. The standard InChI is InChI=1S/C16H16ClNOS/c1-10-2-7-14-11(8-10)9-15(20-14)16(19)18-13-5-3-12(17)4-6-13/h3-6,9-10H,2,7-8H2,1H3,(H,18,19)/t10-/m0/s1. The molecule has 20 heavy (non-hydrogen) atoms. The van der Waals surface area contributed by atoms with Crippen LogP contribution in [-0.2, 0) is 12.8 Å². The quantitative estimate of drug-likeness (QED) is 0.850. The molecule has 104 valence electrons. The van der Waals surface area contributed by atoms with Crippen LogP contribution in [-0.4, -0.2) is 5.91 Å². The number of benzene rings is 1. The molecule has 1 aliphatic carbocycles. The van der Waals surface area contributed by atoms with Crippen molar-refractivity contribution in [3.63, 3.8) is 0 Å². The molecule has 1 aliphatic rings. The molecule has 1 amide bonds. The van der Waals surface area contributed by atoms with Crippen LogP contribution in [0.15, 0.2) is 30.3 Å². The van der Waals surface area contributed by atoms with E-state index in [1.807, 2.05) is 12.1 Å². The number of hydrogen-bond acceptors (Lipinski definition) is 2. The van der Waals surface area contributed by atoms with Gasteiger partial charge in [0, 0.05) is 15.6 Å². The highest BCUT2D eigenvalue weighted by Gasteiger charge is 2.20. The monoisotopic (exact) mass is 305 g/mol. The molecule has 0 unspecified atom stereocenters. The summed E-state index contributed by atoms with van der Waals surface area (Å²) in [5.41, 5.74) is 2.13. The van der Waals surface area contributed by atoms with Crippen molar-refractivity contribution >= 4 is 34.5 Å². The summed E-state index contributed by atoms with van der Waals surface area (Å²) in [6.07, 6.45) is 3.43. The SMILES string of the molecule is C[C@H]1CCc2sc(C(=O)Nc3ccc(Cl)cc3)cc2C1. The first-order valence-corrected chi connectivity index (χ1v) is 8.00. The number of carbonyl (C=O) groups excluding carboxylic acids is 1. The van der Waals surface area contributed by atoms with Crippen molar-refractivity contribution in [3.8, 4) is 0 Å². The number of halogens is 1. The minimum atomic E-state index is -0.0284. The van der Waals surface area contributed by atoms with Crippen LogP contribution in [0.3, 0.4) is 0 Å². The minimum Gasteiger partial charge on any atom is -0.321 e. The molecule has 2 aromatic rings. The van der Waals surface area contributed by atoms with Crippen molar-refractivity contribution in [2.24, 2.45) is 5.92 Å². The lowest BCUT2D eigenvalue weighted by atomic mass is 9.90. The van der Waals surface area contributed by atoms with Gasteiger partial charge in [0.05, 0.1) is 4.88 Å². The number of rotatable bonds is 2. The number of thiophene rings is 1. The van der Waals surface area contributed by atoms with Crippen LogP contribution in [0, 0.1) is 5.92 Å². The van der Waals surface area contributed by atoms with E-state index in [2.05, 4.69) is 18.3 Å². The average molecular weight is 306 g/mol. The molecule has 1 aromatic heterocycles. The third-order valence-electron chi connectivity index (χ3n) is 3.66. The van der Waals surface area contributed by atoms with E-state index in [-0.39, 0.29) is 5.91 Å². The van der Waals surface area contributed by atoms with Gasteiger partial charge in [-0.2, -0.15) is 0 Å². The molecule has 3 rings (SSSR count). The molecule has 4 heteroatoms. The molecular weight excluding hydrogens is 290 g/mol. The Morgan fingerprint density at radius 3 is 2.85 bits per heavy atom. The third-order valence-corrected chi connectivity index (χ3v) is 5.14. The van der Waals surface area contributed by atoms with E-state index >= 15 is 0 Å². The summed E-state index contributed by atoms with van der Waals surface area (Å²) in [5, 5.41) is 3.59. The lowest BCUT2D eigenvalue weighted by molar-refractivity contribution is 0.103. The number of carbonyl (C=O) groups is 1. The van der Waals surface area contributed by atoms with Crippen molar-refractivity contribution < 1.29 is 4.79 Å². The number of amides is 1. The summed E-state index contributed by atoms with van der Waals surface area (Å²) in [7, 11) is 0. The van der Waals surface area contributed by atoms with Crippen molar-refractivity contribution in [2.45, 2.75) is 26.2 Å². The first-order chi connectivity index (χ1) is 9.61. The van der Waals surface area contributed by atoms with Crippen molar-refractivity contribution in [2.75, 3.05) is 5.32 Å². The normalized spacial score (nSPS) is 17.6. The first kappa shape index (κ1) is 13.7. The average Bonchev–Trinajstić information content (AvgIpc) is 2.84. The van der Waals surface area contributed by atoms with Gasteiger partial charge in [0.2, 0.25) is 0 Å². The molecule has 0 bridgehead atoms. The summed E-state index contributed by atoms with van der Waals surface area (Å²) in [6.45, 7) is 2.27. The van der Waals surface area contributed by atoms with E-state index in [4.69, 9.17) is 11.6 Å². The van der Waals surface area contributed by atoms with Gasteiger partial charge in [0.1, 0.15) is 0 Å². The van der Waals surface area contributed by atoms with Gasteiger partial charge in [-0.25, -0.2) is 0 Å². The molecule has 0 aliphatic heterocycles. The van der Waals surface area contributed by atoms with Crippen LogP contribution in [0.1, 0.15) is 33.5 Å². The van der Waals surface area contributed by atoms with Crippen molar-refractivity contribution in [3.05, 3.63) is 50.7 Å². The first-order valence-electron chi connectivity index (χ1n) is 6.80. The summed E-state index contributed by atoms with van der Waals surface area (Å²) in [6, 6.07) is 9.24. The maximum absolute atomic E-state index is 12.3. The Morgan fingerprint density at radius 1 is 1.35 bits per heavy atom. The highest BCUT2D eigenvalue weighted by atomic mass is 35.5. The maximum atomic E-state index is 12.3. The molecule has 1 N–H and O–H groups in total. The molecular formula is C16H16ClNOS. The Morgan fingerprint density at radius 2 is 2.10 bits per heavy atom. The van der Waals surface area contributed by atoms with Gasteiger partial charge in [-0.3, -0.25) is 4.79 Å². The Balaban J connectivity index is 1.76. The smallest absolute Gasteiger partial charge is 0.265 e. The van der Waals surface area contributed by atoms with E-state index in [9.17, 15) is 4.79 Å². The predicted molar refractivity (Wildman–Crippen MR) is 84.9 cm³/mol. The summed E-state index contributed by atoms with van der Waals surface area (Å²) in [5.74, 6) is 0.698. The highest BCUT2D eigenvalue weighted by Crippen LogP contribution is 2.32.